The van der Waals surface area contributed by atoms with E-state index in [1.54, 1.807) is 0 Å². The number of Topliss-reactive ketones (excluding diaryl/α,β-unsaturated/α-hetero) is 1. The summed E-state index contributed by atoms with van der Waals surface area (Å²) in [5.41, 5.74) is 5.18. The molecule has 0 spiro atoms. The van der Waals surface area contributed by atoms with Crippen LogP contribution in [0.3, 0.4) is 0 Å². The predicted octanol–water partition coefficient (Wildman–Crippen LogP) is -0.923. The lowest BCUT2D eigenvalue weighted by Crippen LogP contribution is -2.64. The van der Waals surface area contributed by atoms with Gasteiger partial charge in [0.1, 0.15) is 35.4 Å². The number of esters is 1. The average Bonchev–Trinajstić information content (AvgIpc) is 2.73. The van der Waals surface area contributed by atoms with Crippen LogP contribution < -0.4 is 11.1 Å². The number of hydrogen-bond acceptors (Lipinski definition) is 9. The molecule has 0 saturated carbocycles. The Morgan fingerprint density at radius 1 is 1.25 bits per heavy atom. The number of ketones is 1. The molecular formula is C19H25N3O9S. The molecule has 0 aromatic carbocycles. The number of carboxylic acid groups (broad SMARTS) is 2. The van der Waals surface area contributed by atoms with E-state index >= 15 is 0 Å². The number of unbranched alkanes of at least 4 members (excludes halogenated alkanes) is 1. The number of amides is 2. The van der Waals surface area contributed by atoms with Crippen LogP contribution in [0.4, 0.5) is 0 Å². The van der Waals surface area contributed by atoms with E-state index < -0.39 is 47.1 Å². The Labute approximate surface area is 187 Å². The topological polar surface area (TPSA) is 193 Å². The van der Waals surface area contributed by atoms with Crippen molar-refractivity contribution in [2.45, 2.75) is 44.0 Å². The van der Waals surface area contributed by atoms with Gasteiger partial charge in [0.15, 0.2) is 0 Å². The van der Waals surface area contributed by atoms with Gasteiger partial charge in [-0.3, -0.25) is 24.1 Å². The van der Waals surface area contributed by atoms with E-state index in [9.17, 15) is 33.9 Å². The van der Waals surface area contributed by atoms with Crippen LogP contribution in [0.15, 0.2) is 11.3 Å². The van der Waals surface area contributed by atoms with Gasteiger partial charge in [-0.15, -0.1) is 11.8 Å². The Balaban J connectivity index is 1.92. The number of ether oxygens (including phenoxy) is 1. The van der Waals surface area contributed by atoms with Crippen LogP contribution in [0.2, 0.25) is 0 Å². The molecule has 176 valence electrons. The quantitative estimate of drug-likeness (QED) is 0.119. The Bertz CT molecular complexity index is 857. The van der Waals surface area contributed by atoms with Gasteiger partial charge in [0.25, 0.3) is 0 Å². The first-order valence-electron chi connectivity index (χ1n) is 9.86. The summed E-state index contributed by atoms with van der Waals surface area (Å²) in [6.45, 7) is 0.607. The highest BCUT2D eigenvalue weighted by molar-refractivity contribution is 8.00. The Morgan fingerprint density at radius 2 is 1.94 bits per heavy atom. The zero-order valence-electron chi connectivity index (χ0n) is 17.4. The average molecular weight is 471 g/mol. The van der Waals surface area contributed by atoms with Gasteiger partial charge in [-0.25, -0.2) is 9.59 Å². The molecule has 1 fully saturated rings. The van der Waals surface area contributed by atoms with Crippen LogP contribution >= 0.6 is 11.8 Å². The lowest BCUT2D eigenvalue weighted by Gasteiger charge is -2.48. The van der Waals surface area contributed by atoms with Crippen LogP contribution in [0.1, 0.15) is 32.6 Å². The number of carboxylic acids is 2. The third-order valence-electron chi connectivity index (χ3n) is 5.03. The summed E-state index contributed by atoms with van der Waals surface area (Å²) in [5, 5.41) is 20.3. The van der Waals surface area contributed by atoms with Crippen molar-refractivity contribution in [2.24, 2.45) is 11.7 Å². The molecule has 2 heterocycles. The lowest BCUT2D eigenvalue weighted by molar-refractivity contribution is -0.157. The van der Waals surface area contributed by atoms with Crippen molar-refractivity contribution in [1.82, 2.24) is 10.2 Å². The number of nitrogens with zero attached hydrogens (tertiary/aromatic N) is 1. The SMILES string of the molecule is CC(=O)OCC1=C(C(=O)O)N2C(=O)[C@@H](C(=O)CCCC[C@H](NC(=O)CN)C(=O)O)[C@H]2SC1. The maximum absolute atomic E-state index is 12.6. The minimum atomic E-state index is -1.34. The van der Waals surface area contributed by atoms with Crippen LogP contribution in [0.25, 0.3) is 0 Å². The molecule has 0 aromatic heterocycles. The van der Waals surface area contributed by atoms with Gasteiger partial charge < -0.3 is 26.0 Å². The molecule has 2 amide bonds. The van der Waals surface area contributed by atoms with Crippen LogP contribution in [0, 0.1) is 5.92 Å². The lowest BCUT2D eigenvalue weighted by atomic mass is 9.88. The summed E-state index contributed by atoms with van der Waals surface area (Å²) in [7, 11) is 0. The molecule has 0 unspecified atom stereocenters. The molecule has 0 bridgehead atoms. The molecule has 2 aliphatic rings. The monoisotopic (exact) mass is 471 g/mol. The minimum Gasteiger partial charge on any atom is -0.480 e. The standard InChI is InChI=1S/C19H25N3O9S/c1-9(23)31-7-10-8-32-17-14(16(26)22(17)15(10)19(29)30)12(24)5-3-2-4-11(18(27)28)21-13(25)6-20/h11,14,17H,2-8,20H2,1H3,(H,21,25)(H,27,28)(H,29,30)/t11-,14+,17+/m0/s1. The van der Waals surface area contributed by atoms with Crippen molar-refractivity contribution < 1.29 is 43.7 Å². The molecule has 13 heteroatoms. The van der Waals surface area contributed by atoms with E-state index in [2.05, 4.69) is 5.32 Å². The summed E-state index contributed by atoms with van der Waals surface area (Å²) in [6, 6.07) is -1.12. The van der Waals surface area contributed by atoms with E-state index in [0.29, 0.717) is 12.8 Å². The molecule has 1 saturated heterocycles. The first kappa shape index (κ1) is 25.3. The number of β-lactam (4-membered cyclic amide) rings is 1. The third kappa shape index (κ3) is 5.85. The van der Waals surface area contributed by atoms with Crippen LogP contribution in [-0.4, -0.2) is 80.9 Å². The minimum absolute atomic E-state index is 0.0188. The maximum atomic E-state index is 12.6. The summed E-state index contributed by atoms with van der Waals surface area (Å²) < 4.78 is 4.86. The first-order valence-corrected chi connectivity index (χ1v) is 10.9. The molecule has 2 aliphatic heterocycles. The van der Waals surface area contributed by atoms with Gasteiger partial charge in [0.2, 0.25) is 11.8 Å². The van der Waals surface area contributed by atoms with Crippen LogP contribution in [0.5, 0.6) is 0 Å². The molecule has 0 radical (unpaired) electrons. The fraction of sp³-hybridized carbons (Fsp3) is 0.579. The van der Waals surface area contributed by atoms with E-state index in [1.807, 2.05) is 0 Å². The second kappa shape index (κ2) is 11.1. The Morgan fingerprint density at radius 3 is 2.50 bits per heavy atom. The maximum Gasteiger partial charge on any atom is 0.352 e. The number of rotatable bonds is 12. The molecule has 3 atom stereocenters. The van der Waals surface area contributed by atoms with Gasteiger partial charge in [0, 0.05) is 24.7 Å². The molecule has 0 aromatic rings. The summed E-state index contributed by atoms with van der Waals surface area (Å²) in [6.07, 6.45) is 0.748. The smallest absolute Gasteiger partial charge is 0.352 e. The fourth-order valence-corrected chi connectivity index (χ4v) is 4.87. The van der Waals surface area contributed by atoms with Crippen molar-refractivity contribution in [1.29, 1.82) is 0 Å². The molecule has 0 aliphatic carbocycles. The Hall–Kier alpha value is -2.93. The third-order valence-corrected chi connectivity index (χ3v) is 6.37. The number of nitrogens with two attached hydrogens (primary N) is 1. The highest BCUT2D eigenvalue weighted by Crippen LogP contribution is 2.44. The number of fused-ring (bicyclic) bond motifs is 1. The number of nitrogens with one attached hydrogen (secondary N) is 1. The van der Waals surface area contributed by atoms with Crippen LogP contribution in [-0.2, 0) is 33.5 Å². The first-order chi connectivity index (χ1) is 15.1. The number of aliphatic carboxylic acids is 2. The van der Waals surface area contributed by atoms with Gasteiger partial charge in [-0.1, -0.05) is 6.42 Å². The predicted molar refractivity (Wildman–Crippen MR) is 110 cm³/mol. The van der Waals surface area contributed by atoms with Crippen molar-refractivity contribution in [3.63, 3.8) is 0 Å². The zero-order chi connectivity index (χ0) is 24.0. The normalized spacial score (nSPS) is 20.7. The number of carbonyl (C=O) groups is 6. The van der Waals surface area contributed by atoms with Gasteiger partial charge >= 0.3 is 17.9 Å². The van der Waals surface area contributed by atoms with Crippen molar-refractivity contribution in [3.8, 4) is 0 Å². The van der Waals surface area contributed by atoms with E-state index in [-0.39, 0.29) is 48.8 Å². The van der Waals surface area contributed by atoms with Crippen molar-refractivity contribution in [2.75, 3.05) is 18.9 Å². The highest BCUT2D eigenvalue weighted by atomic mass is 32.2. The summed E-state index contributed by atoms with van der Waals surface area (Å²) in [4.78, 5) is 71.4. The van der Waals surface area contributed by atoms with E-state index in [4.69, 9.17) is 15.6 Å². The van der Waals surface area contributed by atoms with Gasteiger partial charge in [-0.2, -0.15) is 0 Å². The molecular weight excluding hydrogens is 446 g/mol. The summed E-state index contributed by atoms with van der Waals surface area (Å²) in [5.74, 6) is -5.47. The van der Waals surface area contributed by atoms with Gasteiger partial charge in [0.05, 0.1) is 6.54 Å². The largest absolute Gasteiger partial charge is 0.480 e. The van der Waals surface area contributed by atoms with Gasteiger partial charge in [-0.05, 0) is 12.8 Å². The molecule has 2 rings (SSSR count). The summed E-state index contributed by atoms with van der Waals surface area (Å²) >= 11 is 1.23. The second-order valence-corrected chi connectivity index (χ2v) is 8.40. The fourth-order valence-electron chi connectivity index (χ4n) is 3.46. The van der Waals surface area contributed by atoms with E-state index in [1.165, 1.54) is 18.7 Å². The highest BCUT2D eigenvalue weighted by Gasteiger charge is 2.56. The zero-order valence-corrected chi connectivity index (χ0v) is 18.2. The van der Waals surface area contributed by atoms with Crippen molar-refractivity contribution in [3.05, 3.63) is 11.3 Å². The molecule has 5 N–H and O–H groups in total. The number of hydrogen-bond donors (Lipinski definition) is 4. The number of thioether (sulfide) groups is 1. The molecule has 12 nitrogen and oxygen atoms in total. The second-order valence-electron chi connectivity index (χ2n) is 7.30. The Kier molecular flexibility index (Phi) is 8.78. The van der Waals surface area contributed by atoms with E-state index in [0.717, 1.165) is 4.90 Å². The molecule has 32 heavy (non-hydrogen) atoms. The number of carbonyl (C=O) groups excluding carboxylic acids is 4. The van der Waals surface area contributed by atoms with Crippen molar-refractivity contribution >= 4 is 47.3 Å².